The minimum Gasteiger partial charge on any atom is -0.497 e. The van der Waals surface area contributed by atoms with Crippen molar-refractivity contribution >= 4 is 34.0 Å². The Balaban J connectivity index is 1.99. The minimum absolute atomic E-state index is 0.139. The van der Waals surface area contributed by atoms with E-state index in [-0.39, 0.29) is 5.38 Å². The molecule has 0 fully saturated rings. The van der Waals surface area contributed by atoms with Gasteiger partial charge < -0.3 is 9.30 Å². The number of aryl methyl sites for hydroxylation is 2. The van der Waals surface area contributed by atoms with E-state index >= 15 is 0 Å². The number of imidazole rings is 1. The number of benzene rings is 1. The van der Waals surface area contributed by atoms with Gasteiger partial charge in [-0.15, -0.1) is 22.9 Å². The summed E-state index contributed by atoms with van der Waals surface area (Å²) in [4.78, 5) is 8.98. The first-order valence-electron chi connectivity index (χ1n) is 6.75. The normalized spacial score (nSPS) is 12.7. The summed E-state index contributed by atoms with van der Waals surface area (Å²) in [6.45, 7) is 2.77. The van der Waals surface area contributed by atoms with E-state index in [1.54, 1.807) is 18.4 Å². The largest absolute Gasteiger partial charge is 0.497 e. The maximum absolute atomic E-state index is 6.29. The van der Waals surface area contributed by atoms with Crippen LogP contribution in [0.1, 0.15) is 23.1 Å². The second-order valence-corrected chi connectivity index (χ2v) is 6.40. The van der Waals surface area contributed by atoms with Gasteiger partial charge in [0.2, 0.25) is 0 Å². The van der Waals surface area contributed by atoms with Gasteiger partial charge in [0.05, 0.1) is 28.5 Å². The summed E-state index contributed by atoms with van der Waals surface area (Å²) in [7, 11) is 1.66. The highest BCUT2D eigenvalue weighted by atomic mass is 35.5. The third-order valence-corrected chi connectivity index (χ3v) is 4.41. The zero-order valence-corrected chi connectivity index (χ0v) is 13.5. The number of rotatable bonds is 5. The van der Waals surface area contributed by atoms with Crippen LogP contribution in [0.3, 0.4) is 0 Å². The number of alkyl halides is 1. The summed E-state index contributed by atoms with van der Waals surface area (Å²) in [5.74, 6) is 1.69. The van der Waals surface area contributed by atoms with Crippen molar-refractivity contribution in [1.82, 2.24) is 14.5 Å². The fraction of sp³-hybridized carbons (Fsp3) is 0.333. The van der Waals surface area contributed by atoms with Gasteiger partial charge in [-0.05, 0) is 19.1 Å². The first-order valence-corrected chi connectivity index (χ1v) is 8.07. The fourth-order valence-corrected chi connectivity index (χ4v) is 3.15. The summed E-state index contributed by atoms with van der Waals surface area (Å²) in [5, 5.41) is 2.98. The van der Waals surface area contributed by atoms with Crippen molar-refractivity contribution in [1.29, 1.82) is 0 Å². The molecule has 6 heteroatoms. The Bertz CT molecular complexity index is 737. The highest BCUT2D eigenvalue weighted by molar-refractivity contribution is 7.09. The van der Waals surface area contributed by atoms with Crippen molar-refractivity contribution in [2.24, 2.45) is 0 Å². The van der Waals surface area contributed by atoms with Crippen molar-refractivity contribution in [2.75, 3.05) is 7.11 Å². The van der Waals surface area contributed by atoms with E-state index in [4.69, 9.17) is 16.3 Å². The molecule has 21 heavy (non-hydrogen) atoms. The molecule has 3 aromatic rings. The minimum atomic E-state index is -0.139. The molecule has 1 atom stereocenters. The number of nitrogens with zero attached hydrogens (tertiary/aromatic N) is 3. The lowest BCUT2D eigenvalue weighted by atomic mass is 10.3. The number of thiazole rings is 1. The molecule has 0 radical (unpaired) electrons. The van der Waals surface area contributed by atoms with Crippen molar-refractivity contribution in [3.05, 3.63) is 40.6 Å². The van der Waals surface area contributed by atoms with Crippen molar-refractivity contribution in [2.45, 2.75) is 25.3 Å². The first-order chi connectivity index (χ1) is 10.2. The van der Waals surface area contributed by atoms with Gasteiger partial charge in [0.15, 0.2) is 0 Å². The zero-order chi connectivity index (χ0) is 14.8. The van der Waals surface area contributed by atoms with Gasteiger partial charge in [0, 0.05) is 30.6 Å². The number of aromatic nitrogens is 3. The van der Waals surface area contributed by atoms with Crippen molar-refractivity contribution in [3.63, 3.8) is 0 Å². The third-order valence-electron chi connectivity index (χ3n) is 3.37. The first kappa shape index (κ1) is 14.4. The molecule has 0 N–H and O–H groups in total. The Morgan fingerprint density at radius 2 is 2.29 bits per heavy atom. The molecule has 0 aliphatic rings. The van der Waals surface area contributed by atoms with Crippen LogP contribution in [-0.2, 0) is 13.0 Å². The highest BCUT2D eigenvalue weighted by Gasteiger charge is 2.15. The average molecular weight is 322 g/mol. The maximum Gasteiger partial charge on any atom is 0.127 e. The Kier molecular flexibility index (Phi) is 4.12. The van der Waals surface area contributed by atoms with Crippen molar-refractivity contribution in [3.8, 4) is 5.75 Å². The fourth-order valence-electron chi connectivity index (χ4n) is 2.38. The van der Waals surface area contributed by atoms with Crippen LogP contribution >= 0.6 is 22.9 Å². The number of halogens is 1. The van der Waals surface area contributed by atoms with Gasteiger partial charge in [0.25, 0.3) is 0 Å². The molecular weight excluding hydrogens is 306 g/mol. The van der Waals surface area contributed by atoms with Crippen LogP contribution in [0.4, 0.5) is 0 Å². The standard InChI is InChI=1S/C15H16ClN3OS/c1-10(16)15-18-12-9-11(20-2)3-4-13(12)19(15)7-5-14-17-6-8-21-14/h3-4,6,8-10H,5,7H2,1-2H3. The summed E-state index contributed by atoms with van der Waals surface area (Å²) in [6.07, 6.45) is 2.72. The molecular formula is C15H16ClN3OS. The molecule has 0 saturated heterocycles. The molecule has 3 rings (SSSR count). The molecule has 1 unspecified atom stereocenters. The number of fused-ring (bicyclic) bond motifs is 1. The summed E-state index contributed by atoms with van der Waals surface area (Å²) in [5.41, 5.74) is 1.99. The van der Waals surface area contributed by atoms with Crippen LogP contribution in [0.5, 0.6) is 5.75 Å². The van der Waals surface area contributed by atoms with Crippen molar-refractivity contribution < 1.29 is 4.74 Å². The summed E-state index contributed by atoms with van der Waals surface area (Å²) < 4.78 is 7.43. The van der Waals surface area contributed by atoms with Crippen LogP contribution < -0.4 is 4.74 Å². The van der Waals surface area contributed by atoms with Crippen LogP contribution in [0.25, 0.3) is 11.0 Å². The smallest absolute Gasteiger partial charge is 0.127 e. The second-order valence-electron chi connectivity index (χ2n) is 4.77. The highest BCUT2D eigenvalue weighted by Crippen LogP contribution is 2.27. The van der Waals surface area contributed by atoms with E-state index in [1.165, 1.54) is 0 Å². The number of ether oxygens (including phenoxy) is 1. The molecule has 2 aromatic heterocycles. The predicted octanol–water partition coefficient (Wildman–Crippen LogP) is 4.04. The van der Waals surface area contributed by atoms with Gasteiger partial charge >= 0.3 is 0 Å². The lowest BCUT2D eigenvalue weighted by Gasteiger charge is -2.09. The van der Waals surface area contributed by atoms with Gasteiger partial charge in [0.1, 0.15) is 11.6 Å². The molecule has 2 heterocycles. The molecule has 0 spiro atoms. The van der Waals surface area contributed by atoms with Gasteiger partial charge in [-0.2, -0.15) is 0 Å². The lowest BCUT2D eigenvalue weighted by molar-refractivity contribution is 0.415. The maximum atomic E-state index is 6.29. The summed E-state index contributed by atoms with van der Waals surface area (Å²) >= 11 is 7.96. The van der Waals surface area contributed by atoms with Crippen LogP contribution in [0.2, 0.25) is 0 Å². The zero-order valence-electron chi connectivity index (χ0n) is 11.9. The topological polar surface area (TPSA) is 39.9 Å². The molecule has 110 valence electrons. The average Bonchev–Trinajstić information content (AvgIpc) is 3.11. The van der Waals surface area contributed by atoms with Gasteiger partial charge in [-0.3, -0.25) is 0 Å². The van der Waals surface area contributed by atoms with E-state index in [0.717, 1.165) is 40.6 Å². The predicted molar refractivity (Wildman–Crippen MR) is 86.4 cm³/mol. The number of methoxy groups -OCH3 is 1. The number of hydrogen-bond donors (Lipinski definition) is 0. The van der Waals surface area contributed by atoms with Crippen LogP contribution in [0.15, 0.2) is 29.8 Å². The van der Waals surface area contributed by atoms with E-state index < -0.39 is 0 Å². The van der Waals surface area contributed by atoms with E-state index in [1.807, 2.05) is 36.7 Å². The molecule has 0 aliphatic carbocycles. The second kappa shape index (κ2) is 6.03. The van der Waals surface area contributed by atoms with E-state index in [0.29, 0.717) is 0 Å². The Hall–Kier alpha value is -1.59. The molecule has 0 amide bonds. The Morgan fingerprint density at radius 3 is 2.95 bits per heavy atom. The van der Waals surface area contributed by atoms with Crippen LogP contribution in [0, 0.1) is 0 Å². The molecule has 0 bridgehead atoms. The van der Waals surface area contributed by atoms with Gasteiger partial charge in [-0.25, -0.2) is 9.97 Å². The Morgan fingerprint density at radius 1 is 1.43 bits per heavy atom. The SMILES string of the molecule is COc1ccc2c(c1)nc(C(C)Cl)n2CCc1nccs1. The molecule has 4 nitrogen and oxygen atoms in total. The summed E-state index contributed by atoms with van der Waals surface area (Å²) in [6, 6.07) is 5.93. The number of hydrogen-bond acceptors (Lipinski definition) is 4. The molecule has 0 aliphatic heterocycles. The van der Waals surface area contributed by atoms with E-state index in [9.17, 15) is 0 Å². The third kappa shape index (κ3) is 2.89. The van der Waals surface area contributed by atoms with E-state index in [2.05, 4.69) is 14.5 Å². The Labute approximate surface area is 132 Å². The monoisotopic (exact) mass is 321 g/mol. The van der Waals surface area contributed by atoms with Crippen LogP contribution in [-0.4, -0.2) is 21.6 Å². The quantitative estimate of drug-likeness (QED) is 0.666. The molecule has 0 saturated carbocycles. The molecule has 1 aromatic carbocycles. The van der Waals surface area contributed by atoms with Gasteiger partial charge in [-0.1, -0.05) is 0 Å². The lowest BCUT2D eigenvalue weighted by Crippen LogP contribution is -2.06.